The zero-order chi connectivity index (χ0) is 11.9. The van der Waals surface area contributed by atoms with Crippen molar-refractivity contribution in [2.75, 3.05) is 13.1 Å². The SMILES string of the molecule is CCCCC(C)(CCCC)N1CCCCC1. The third-order valence-electron chi connectivity index (χ3n) is 4.26. The molecule has 1 aliphatic rings. The van der Waals surface area contributed by atoms with E-state index in [1.807, 2.05) is 0 Å². The number of rotatable bonds is 7. The van der Waals surface area contributed by atoms with E-state index in [0.29, 0.717) is 5.54 Å². The molecule has 1 nitrogen and oxygen atoms in total. The van der Waals surface area contributed by atoms with Gasteiger partial charge in [0.2, 0.25) is 0 Å². The Labute approximate surface area is 103 Å². The first-order valence-electron chi connectivity index (χ1n) is 7.48. The molecule has 0 aromatic carbocycles. The molecule has 0 aromatic rings. The molecular weight excluding hydrogens is 194 g/mol. The molecule has 16 heavy (non-hydrogen) atoms. The minimum atomic E-state index is 0.506. The summed E-state index contributed by atoms with van der Waals surface area (Å²) in [6, 6.07) is 0. The lowest BCUT2D eigenvalue weighted by Crippen LogP contribution is -2.48. The molecule has 0 unspecified atom stereocenters. The molecule has 96 valence electrons. The fourth-order valence-electron chi connectivity index (χ4n) is 2.99. The van der Waals surface area contributed by atoms with Gasteiger partial charge in [-0.2, -0.15) is 0 Å². The average Bonchev–Trinajstić information content (AvgIpc) is 2.35. The molecule has 1 aliphatic heterocycles. The van der Waals surface area contributed by atoms with Crippen molar-refractivity contribution in [3.63, 3.8) is 0 Å². The highest BCUT2D eigenvalue weighted by molar-refractivity contribution is 4.87. The Balaban J connectivity index is 2.51. The van der Waals surface area contributed by atoms with Gasteiger partial charge in [0.1, 0.15) is 0 Å². The van der Waals surface area contributed by atoms with Crippen LogP contribution in [0, 0.1) is 0 Å². The second-order valence-electron chi connectivity index (χ2n) is 5.75. The van der Waals surface area contributed by atoms with E-state index in [1.165, 1.54) is 70.9 Å². The minimum Gasteiger partial charge on any atom is -0.298 e. The van der Waals surface area contributed by atoms with Crippen LogP contribution in [0.1, 0.15) is 78.6 Å². The Morgan fingerprint density at radius 1 is 0.875 bits per heavy atom. The van der Waals surface area contributed by atoms with E-state index in [1.54, 1.807) is 0 Å². The maximum atomic E-state index is 2.79. The Morgan fingerprint density at radius 3 is 1.81 bits per heavy atom. The summed E-state index contributed by atoms with van der Waals surface area (Å²) in [7, 11) is 0. The molecule has 0 bridgehead atoms. The minimum absolute atomic E-state index is 0.506. The number of hydrogen-bond donors (Lipinski definition) is 0. The van der Waals surface area contributed by atoms with Crippen LogP contribution in [0.4, 0.5) is 0 Å². The summed E-state index contributed by atoms with van der Waals surface area (Å²) in [5, 5.41) is 0. The van der Waals surface area contributed by atoms with Crippen molar-refractivity contribution in [2.24, 2.45) is 0 Å². The van der Waals surface area contributed by atoms with Crippen LogP contribution < -0.4 is 0 Å². The van der Waals surface area contributed by atoms with Crippen LogP contribution in [-0.4, -0.2) is 23.5 Å². The van der Waals surface area contributed by atoms with Crippen LogP contribution in [-0.2, 0) is 0 Å². The number of unbranched alkanes of at least 4 members (excludes halogenated alkanes) is 2. The summed E-state index contributed by atoms with van der Waals surface area (Å²) < 4.78 is 0. The van der Waals surface area contributed by atoms with Crippen LogP contribution in [0.15, 0.2) is 0 Å². The fraction of sp³-hybridized carbons (Fsp3) is 1.00. The molecule has 0 aromatic heterocycles. The molecule has 1 heteroatoms. The highest BCUT2D eigenvalue weighted by atomic mass is 15.2. The topological polar surface area (TPSA) is 3.24 Å². The van der Waals surface area contributed by atoms with Crippen LogP contribution in [0.25, 0.3) is 0 Å². The Kier molecular flexibility index (Phi) is 6.41. The zero-order valence-electron chi connectivity index (χ0n) is 11.7. The predicted octanol–water partition coefficient (Wildman–Crippen LogP) is 4.61. The van der Waals surface area contributed by atoms with Crippen LogP contribution in [0.2, 0.25) is 0 Å². The number of piperidine rings is 1. The van der Waals surface area contributed by atoms with E-state index in [-0.39, 0.29) is 0 Å². The van der Waals surface area contributed by atoms with Gasteiger partial charge in [-0.3, -0.25) is 4.90 Å². The fourth-order valence-corrected chi connectivity index (χ4v) is 2.99. The van der Waals surface area contributed by atoms with Gasteiger partial charge in [0.15, 0.2) is 0 Å². The van der Waals surface area contributed by atoms with Gasteiger partial charge >= 0.3 is 0 Å². The lowest BCUT2D eigenvalue weighted by atomic mass is 9.86. The first kappa shape index (κ1) is 14.0. The molecule has 1 heterocycles. The zero-order valence-corrected chi connectivity index (χ0v) is 11.7. The van der Waals surface area contributed by atoms with Crippen molar-refractivity contribution < 1.29 is 0 Å². The molecule has 0 amide bonds. The summed E-state index contributed by atoms with van der Waals surface area (Å²) in [6.45, 7) is 9.85. The summed E-state index contributed by atoms with van der Waals surface area (Å²) in [5.41, 5.74) is 0.506. The maximum Gasteiger partial charge on any atom is 0.0181 e. The molecular formula is C15H31N. The van der Waals surface area contributed by atoms with Crippen LogP contribution in [0.3, 0.4) is 0 Å². The quantitative estimate of drug-likeness (QED) is 0.611. The van der Waals surface area contributed by atoms with Gasteiger partial charge in [-0.05, 0) is 45.7 Å². The van der Waals surface area contributed by atoms with Gasteiger partial charge < -0.3 is 0 Å². The van der Waals surface area contributed by atoms with E-state index in [4.69, 9.17) is 0 Å². The maximum absolute atomic E-state index is 2.79. The molecule has 0 radical (unpaired) electrons. The van der Waals surface area contributed by atoms with Gasteiger partial charge in [-0.15, -0.1) is 0 Å². The highest BCUT2D eigenvalue weighted by Crippen LogP contribution is 2.30. The summed E-state index contributed by atoms with van der Waals surface area (Å²) in [6.07, 6.45) is 12.6. The lowest BCUT2D eigenvalue weighted by molar-refractivity contribution is 0.0615. The van der Waals surface area contributed by atoms with Gasteiger partial charge in [0.05, 0.1) is 0 Å². The largest absolute Gasteiger partial charge is 0.298 e. The second-order valence-corrected chi connectivity index (χ2v) is 5.75. The average molecular weight is 225 g/mol. The number of hydrogen-bond acceptors (Lipinski definition) is 1. The first-order chi connectivity index (χ1) is 7.73. The third-order valence-corrected chi connectivity index (χ3v) is 4.26. The van der Waals surface area contributed by atoms with E-state index < -0.39 is 0 Å². The molecule has 0 spiro atoms. The van der Waals surface area contributed by atoms with E-state index in [0.717, 1.165) is 0 Å². The van der Waals surface area contributed by atoms with Crippen molar-refractivity contribution >= 4 is 0 Å². The second kappa shape index (κ2) is 7.32. The van der Waals surface area contributed by atoms with Gasteiger partial charge in [0, 0.05) is 5.54 Å². The first-order valence-corrected chi connectivity index (χ1v) is 7.48. The Hall–Kier alpha value is -0.0400. The molecule has 1 rings (SSSR count). The molecule has 0 N–H and O–H groups in total. The van der Waals surface area contributed by atoms with Crippen molar-refractivity contribution in [1.29, 1.82) is 0 Å². The van der Waals surface area contributed by atoms with Crippen molar-refractivity contribution in [1.82, 2.24) is 4.90 Å². The van der Waals surface area contributed by atoms with Crippen molar-refractivity contribution in [2.45, 2.75) is 84.1 Å². The standard InChI is InChI=1S/C15H31N/c1-4-6-11-15(3,12-7-5-2)16-13-9-8-10-14-16/h4-14H2,1-3H3. The van der Waals surface area contributed by atoms with E-state index in [2.05, 4.69) is 25.7 Å². The summed E-state index contributed by atoms with van der Waals surface area (Å²) in [5.74, 6) is 0. The molecule has 0 atom stereocenters. The van der Waals surface area contributed by atoms with Gasteiger partial charge in [-0.25, -0.2) is 0 Å². The van der Waals surface area contributed by atoms with Gasteiger partial charge in [-0.1, -0.05) is 46.0 Å². The molecule has 0 aliphatic carbocycles. The van der Waals surface area contributed by atoms with Crippen LogP contribution in [0.5, 0.6) is 0 Å². The highest BCUT2D eigenvalue weighted by Gasteiger charge is 2.31. The monoisotopic (exact) mass is 225 g/mol. The molecule has 1 saturated heterocycles. The Bertz CT molecular complexity index is 162. The van der Waals surface area contributed by atoms with E-state index in [9.17, 15) is 0 Å². The lowest BCUT2D eigenvalue weighted by Gasteiger charge is -2.44. The number of nitrogens with zero attached hydrogens (tertiary/aromatic N) is 1. The van der Waals surface area contributed by atoms with Crippen molar-refractivity contribution in [3.05, 3.63) is 0 Å². The van der Waals surface area contributed by atoms with E-state index >= 15 is 0 Å². The predicted molar refractivity (Wildman–Crippen MR) is 72.9 cm³/mol. The molecule has 1 fully saturated rings. The summed E-state index contributed by atoms with van der Waals surface area (Å²) in [4.78, 5) is 2.79. The normalized spacial score (nSPS) is 18.9. The summed E-state index contributed by atoms with van der Waals surface area (Å²) >= 11 is 0. The number of likely N-dealkylation sites (tertiary alicyclic amines) is 1. The smallest absolute Gasteiger partial charge is 0.0181 e. The van der Waals surface area contributed by atoms with Crippen LogP contribution >= 0.6 is 0 Å². The van der Waals surface area contributed by atoms with Gasteiger partial charge in [0.25, 0.3) is 0 Å². The third kappa shape index (κ3) is 4.08. The van der Waals surface area contributed by atoms with Crippen molar-refractivity contribution in [3.8, 4) is 0 Å². The molecule has 0 saturated carbocycles. The Morgan fingerprint density at radius 2 is 1.38 bits per heavy atom.